The van der Waals surface area contributed by atoms with Crippen LogP contribution in [0, 0.1) is 6.92 Å². The zero-order valence-corrected chi connectivity index (χ0v) is 16.5. The highest BCUT2D eigenvalue weighted by atomic mass is 32.1. The van der Waals surface area contributed by atoms with Gasteiger partial charge in [0.1, 0.15) is 17.9 Å². The SMILES string of the molecule is Cc1ccc(-c2cc(N)c(=O)n(CC(=O)Nc3ccccc3-n3cccc3)n2)s1. The van der Waals surface area contributed by atoms with E-state index in [2.05, 4.69) is 10.4 Å². The van der Waals surface area contributed by atoms with Crippen molar-refractivity contribution in [3.8, 4) is 16.3 Å². The van der Waals surface area contributed by atoms with Gasteiger partial charge in [-0.1, -0.05) is 12.1 Å². The number of benzene rings is 1. The van der Waals surface area contributed by atoms with Gasteiger partial charge in [0.15, 0.2) is 0 Å². The number of carbonyl (C=O) groups excluding carboxylic acids is 1. The molecule has 3 heterocycles. The summed E-state index contributed by atoms with van der Waals surface area (Å²) in [7, 11) is 0. The number of rotatable bonds is 5. The number of nitrogens with zero attached hydrogens (tertiary/aromatic N) is 3. The minimum absolute atomic E-state index is 0.0570. The van der Waals surface area contributed by atoms with Gasteiger partial charge in [0, 0.05) is 17.3 Å². The highest BCUT2D eigenvalue weighted by Gasteiger charge is 2.14. The molecule has 4 aromatic rings. The molecule has 0 saturated heterocycles. The first kappa shape index (κ1) is 18.7. The molecule has 0 fully saturated rings. The fourth-order valence-corrected chi connectivity index (χ4v) is 3.81. The maximum atomic E-state index is 12.7. The number of anilines is 2. The number of aromatic nitrogens is 3. The molecule has 1 aromatic carbocycles. The maximum Gasteiger partial charge on any atom is 0.290 e. The Kier molecular flexibility index (Phi) is 5.01. The molecular weight excluding hydrogens is 386 g/mol. The number of nitrogen functional groups attached to an aromatic ring is 1. The van der Waals surface area contributed by atoms with E-state index in [9.17, 15) is 9.59 Å². The first-order chi connectivity index (χ1) is 14.0. The second-order valence-corrected chi connectivity index (χ2v) is 7.80. The van der Waals surface area contributed by atoms with Crippen LogP contribution < -0.4 is 16.6 Å². The number of thiophene rings is 1. The van der Waals surface area contributed by atoms with Crippen LogP contribution in [-0.2, 0) is 11.3 Å². The molecule has 0 radical (unpaired) electrons. The maximum absolute atomic E-state index is 12.7. The second-order valence-electron chi connectivity index (χ2n) is 6.51. The number of aryl methyl sites for hydroxylation is 1. The lowest BCUT2D eigenvalue weighted by Crippen LogP contribution is -2.31. The van der Waals surface area contributed by atoms with E-state index in [-0.39, 0.29) is 18.1 Å². The largest absolute Gasteiger partial charge is 0.394 e. The van der Waals surface area contributed by atoms with Crippen molar-refractivity contribution in [2.24, 2.45) is 0 Å². The zero-order valence-electron chi connectivity index (χ0n) is 15.7. The van der Waals surface area contributed by atoms with Gasteiger partial charge in [-0.3, -0.25) is 9.59 Å². The molecule has 3 N–H and O–H groups in total. The molecule has 4 rings (SSSR count). The molecule has 7 nitrogen and oxygen atoms in total. The van der Waals surface area contributed by atoms with Crippen LogP contribution >= 0.6 is 11.3 Å². The van der Waals surface area contributed by atoms with Crippen LogP contribution in [0.5, 0.6) is 0 Å². The van der Waals surface area contributed by atoms with Crippen molar-refractivity contribution in [1.29, 1.82) is 0 Å². The monoisotopic (exact) mass is 405 g/mol. The van der Waals surface area contributed by atoms with Crippen molar-refractivity contribution in [3.05, 3.63) is 82.2 Å². The van der Waals surface area contributed by atoms with Crippen molar-refractivity contribution in [2.75, 3.05) is 11.1 Å². The number of carbonyl (C=O) groups is 1. The van der Waals surface area contributed by atoms with Gasteiger partial charge in [-0.05, 0) is 49.4 Å². The van der Waals surface area contributed by atoms with Gasteiger partial charge in [-0.15, -0.1) is 11.3 Å². The van der Waals surface area contributed by atoms with Crippen LogP contribution in [0.25, 0.3) is 16.3 Å². The van der Waals surface area contributed by atoms with Gasteiger partial charge < -0.3 is 15.6 Å². The quantitative estimate of drug-likeness (QED) is 0.533. The van der Waals surface area contributed by atoms with Gasteiger partial charge in [0.2, 0.25) is 5.91 Å². The second kappa shape index (κ2) is 7.76. The molecule has 0 aliphatic heterocycles. The van der Waals surface area contributed by atoms with Crippen molar-refractivity contribution >= 4 is 28.6 Å². The molecule has 3 aromatic heterocycles. The van der Waals surface area contributed by atoms with Crippen LogP contribution in [-0.4, -0.2) is 20.3 Å². The Labute approximate surface area is 171 Å². The Morgan fingerprint density at radius 3 is 2.62 bits per heavy atom. The van der Waals surface area contributed by atoms with E-state index >= 15 is 0 Å². The average Bonchev–Trinajstić information content (AvgIpc) is 3.37. The Hall–Kier alpha value is -3.65. The number of hydrogen-bond donors (Lipinski definition) is 2. The highest BCUT2D eigenvalue weighted by molar-refractivity contribution is 7.15. The number of nitrogens with one attached hydrogen (secondary N) is 1. The Morgan fingerprint density at radius 1 is 1.14 bits per heavy atom. The van der Waals surface area contributed by atoms with E-state index in [1.807, 2.05) is 72.4 Å². The fourth-order valence-electron chi connectivity index (χ4n) is 2.99. The summed E-state index contributed by atoms with van der Waals surface area (Å²) >= 11 is 1.55. The topological polar surface area (TPSA) is 94.9 Å². The lowest BCUT2D eigenvalue weighted by Gasteiger charge is -2.13. The molecule has 0 unspecified atom stereocenters. The molecule has 1 amide bonds. The third kappa shape index (κ3) is 3.97. The summed E-state index contributed by atoms with van der Waals surface area (Å²) in [5.74, 6) is -0.363. The van der Waals surface area contributed by atoms with Crippen LogP contribution in [0.3, 0.4) is 0 Å². The molecule has 0 aliphatic rings. The first-order valence-corrected chi connectivity index (χ1v) is 9.79. The van der Waals surface area contributed by atoms with E-state index in [1.165, 1.54) is 0 Å². The first-order valence-electron chi connectivity index (χ1n) is 8.98. The number of para-hydroxylation sites is 2. The van der Waals surface area contributed by atoms with Crippen LogP contribution in [0.15, 0.2) is 71.8 Å². The minimum Gasteiger partial charge on any atom is -0.394 e. The molecule has 8 heteroatoms. The molecule has 0 atom stereocenters. The predicted molar refractivity (Wildman–Crippen MR) is 115 cm³/mol. The normalized spacial score (nSPS) is 10.8. The summed E-state index contributed by atoms with van der Waals surface area (Å²) in [5, 5.41) is 7.20. The Bertz CT molecular complexity index is 1220. The summed E-state index contributed by atoms with van der Waals surface area (Å²) in [5.41, 5.74) is 7.48. The van der Waals surface area contributed by atoms with E-state index in [0.29, 0.717) is 11.4 Å². The molecule has 0 bridgehead atoms. The fraction of sp³-hybridized carbons (Fsp3) is 0.0952. The van der Waals surface area contributed by atoms with E-state index in [0.717, 1.165) is 20.1 Å². The summed E-state index contributed by atoms with van der Waals surface area (Å²) in [6, 6.07) is 16.7. The zero-order chi connectivity index (χ0) is 20.4. The van der Waals surface area contributed by atoms with Crippen LogP contribution in [0.4, 0.5) is 11.4 Å². The summed E-state index contributed by atoms with van der Waals surface area (Å²) < 4.78 is 3.01. The number of hydrogen-bond acceptors (Lipinski definition) is 5. The van der Waals surface area contributed by atoms with Crippen LogP contribution in [0.1, 0.15) is 4.88 Å². The van der Waals surface area contributed by atoms with Crippen molar-refractivity contribution in [3.63, 3.8) is 0 Å². The van der Waals surface area contributed by atoms with E-state index in [4.69, 9.17) is 5.73 Å². The number of nitrogens with two attached hydrogens (primary N) is 1. The Balaban J connectivity index is 1.60. The van der Waals surface area contributed by atoms with Crippen molar-refractivity contribution in [2.45, 2.75) is 13.5 Å². The molecule has 0 aliphatic carbocycles. The molecule has 146 valence electrons. The summed E-state index contributed by atoms with van der Waals surface area (Å²) in [6.07, 6.45) is 3.79. The third-order valence-corrected chi connectivity index (χ3v) is 5.37. The molecule has 0 saturated carbocycles. The van der Waals surface area contributed by atoms with Gasteiger partial charge in [0.25, 0.3) is 5.56 Å². The van der Waals surface area contributed by atoms with Gasteiger partial charge in [0.05, 0.1) is 16.3 Å². The standard InChI is InChI=1S/C21H19N5O2S/c1-14-8-9-19(29-14)17-12-15(22)21(28)26(24-17)13-20(27)23-16-6-2-3-7-18(16)25-10-4-5-11-25/h2-12H,13,22H2,1H3,(H,23,27). The smallest absolute Gasteiger partial charge is 0.290 e. The van der Waals surface area contributed by atoms with E-state index < -0.39 is 5.56 Å². The highest BCUT2D eigenvalue weighted by Crippen LogP contribution is 2.26. The average molecular weight is 405 g/mol. The molecule has 0 spiro atoms. The lowest BCUT2D eigenvalue weighted by atomic mass is 10.2. The molecule has 29 heavy (non-hydrogen) atoms. The summed E-state index contributed by atoms with van der Waals surface area (Å²) in [6.45, 7) is 1.75. The predicted octanol–water partition coefficient (Wildman–Crippen LogP) is 3.29. The van der Waals surface area contributed by atoms with Crippen molar-refractivity contribution in [1.82, 2.24) is 14.3 Å². The van der Waals surface area contributed by atoms with Crippen molar-refractivity contribution < 1.29 is 4.79 Å². The minimum atomic E-state index is -0.490. The van der Waals surface area contributed by atoms with Gasteiger partial charge >= 0.3 is 0 Å². The number of amides is 1. The van der Waals surface area contributed by atoms with Gasteiger partial charge in [-0.25, -0.2) is 4.68 Å². The lowest BCUT2D eigenvalue weighted by molar-refractivity contribution is -0.117. The summed E-state index contributed by atoms with van der Waals surface area (Å²) in [4.78, 5) is 27.1. The van der Waals surface area contributed by atoms with Crippen LogP contribution in [0.2, 0.25) is 0 Å². The van der Waals surface area contributed by atoms with E-state index in [1.54, 1.807) is 17.4 Å². The Morgan fingerprint density at radius 2 is 1.90 bits per heavy atom. The molecular formula is C21H19N5O2S. The third-order valence-electron chi connectivity index (χ3n) is 4.35. The van der Waals surface area contributed by atoms with Gasteiger partial charge in [-0.2, -0.15) is 5.10 Å².